The third-order valence-electron chi connectivity index (χ3n) is 4.03. The van der Waals surface area contributed by atoms with Gasteiger partial charge < -0.3 is 10.3 Å². The second-order valence-corrected chi connectivity index (χ2v) is 5.74. The van der Waals surface area contributed by atoms with E-state index in [0.717, 1.165) is 27.7 Å². The second kappa shape index (κ2) is 6.57. The van der Waals surface area contributed by atoms with E-state index in [2.05, 4.69) is 20.3 Å². The third-order valence-corrected chi connectivity index (χ3v) is 4.03. The minimum Gasteiger partial charge on any atom is -0.351 e. The number of amides is 1. The van der Waals surface area contributed by atoms with E-state index in [1.165, 1.54) is 0 Å². The third kappa shape index (κ3) is 3.26. The number of nitrogens with zero attached hydrogens (tertiary/aromatic N) is 2. The normalized spacial score (nSPS) is 10.7. The molecule has 0 aliphatic carbocycles. The van der Waals surface area contributed by atoms with Gasteiger partial charge in [0.25, 0.3) is 5.91 Å². The lowest BCUT2D eigenvalue weighted by Crippen LogP contribution is -2.23. The SMILES string of the molecule is O=C(NCc1ccnc(-c2ccncc2)c1)c1cc2ccccc2[nH]1. The standard InChI is InChI=1S/C20H16N4O/c25-20(19-12-16-3-1-2-4-17(16)24-19)23-13-14-5-10-22-18(11-14)15-6-8-21-9-7-15/h1-12,24H,13H2,(H,23,25). The minimum atomic E-state index is -0.126. The molecule has 0 radical (unpaired) electrons. The summed E-state index contributed by atoms with van der Waals surface area (Å²) in [4.78, 5) is 23.9. The van der Waals surface area contributed by atoms with Gasteiger partial charge in [0.1, 0.15) is 5.69 Å². The summed E-state index contributed by atoms with van der Waals surface area (Å²) in [5.74, 6) is -0.126. The number of rotatable bonds is 4. The molecule has 3 aromatic heterocycles. The maximum Gasteiger partial charge on any atom is 0.267 e. The van der Waals surface area contributed by atoms with Gasteiger partial charge in [0.2, 0.25) is 0 Å². The molecule has 0 unspecified atom stereocenters. The Labute approximate surface area is 144 Å². The van der Waals surface area contributed by atoms with Crippen LogP contribution in [0.2, 0.25) is 0 Å². The molecule has 25 heavy (non-hydrogen) atoms. The van der Waals surface area contributed by atoms with Gasteiger partial charge in [-0.05, 0) is 42.0 Å². The highest BCUT2D eigenvalue weighted by atomic mass is 16.1. The highest BCUT2D eigenvalue weighted by Crippen LogP contribution is 2.17. The largest absolute Gasteiger partial charge is 0.351 e. The Bertz CT molecular complexity index is 991. The molecule has 1 amide bonds. The van der Waals surface area contributed by atoms with Gasteiger partial charge in [-0.15, -0.1) is 0 Å². The van der Waals surface area contributed by atoms with Crippen LogP contribution in [0.4, 0.5) is 0 Å². The predicted molar refractivity (Wildman–Crippen MR) is 96.9 cm³/mol. The summed E-state index contributed by atoms with van der Waals surface area (Å²) >= 11 is 0. The number of fused-ring (bicyclic) bond motifs is 1. The summed E-state index contributed by atoms with van der Waals surface area (Å²) < 4.78 is 0. The van der Waals surface area contributed by atoms with Crippen molar-refractivity contribution in [2.75, 3.05) is 0 Å². The summed E-state index contributed by atoms with van der Waals surface area (Å²) in [6.07, 6.45) is 5.23. The number of H-pyrrole nitrogens is 1. The molecule has 0 fully saturated rings. The Balaban J connectivity index is 1.48. The van der Waals surface area contributed by atoms with Gasteiger partial charge in [-0.2, -0.15) is 0 Å². The van der Waals surface area contributed by atoms with Crippen molar-refractivity contribution in [1.29, 1.82) is 0 Å². The molecule has 4 aromatic rings. The molecule has 0 aliphatic rings. The minimum absolute atomic E-state index is 0.126. The van der Waals surface area contributed by atoms with Crippen molar-refractivity contribution >= 4 is 16.8 Å². The Morgan fingerprint density at radius 2 is 1.84 bits per heavy atom. The number of aromatic amines is 1. The Kier molecular flexibility index (Phi) is 3.96. The summed E-state index contributed by atoms with van der Waals surface area (Å²) in [6, 6.07) is 17.4. The van der Waals surface area contributed by atoms with Gasteiger partial charge in [-0.25, -0.2) is 0 Å². The van der Waals surface area contributed by atoms with E-state index in [4.69, 9.17) is 0 Å². The quantitative estimate of drug-likeness (QED) is 0.602. The van der Waals surface area contributed by atoms with Crippen molar-refractivity contribution in [1.82, 2.24) is 20.3 Å². The molecular weight excluding hydrogens is 312 g/mol. The fourth-order valence-corrected chi connectivity index (χ4v) is 2.74. The number of hydrogen-bond donors (Lipinski definition) is 2. The summed E-state index contributed by atoms with van der Waals surface area (Å²) in [6.45, 7) is 0.439. The number of benzene rings is 1. The number of carbonyl (C=O) groups is 1. The fraction of sp³-hybridized carbons (Fsp3) is 0.0500. The molecule has 2 N–H and O–H groups in total. The van der Waals surface area contributed by atoms with Crippen molar-refractivity contribution in [3.63, 3.8) is 0 Å². The molecule has 0 saturated carbocycles. The highest BCUT2D eigenvalue weighted by Gasteiger charge is 2.09. The van der Waals surface area contributed by atoms with E-state index in [0.29, 0.717) is 12.2 Å². The molecule has 1 aromatic carbocycles. The number of aromatic nitrogens is 3. The van der Waals surface area contributed by atoms with Crippen molar-refractivity contribution in [2.45, 2.75) is 6.54 Å². The van der Waals surface area contributed by atoms with Gasteiger partial charge in [0, 0.05) is 41.6 Å². The lowest BCUT2D eigenvalue weighted by atomic mass is 10.1. The average Bonchev–Trinajstić information content (AvgIpc) is 3.11. The van der Waals surface area contributed by atoms with Gasteiger partial charge in [0.15, 0.2) is 0 Å². The molecular formula is C20H16N4O. The molecule has 4 rings (SSSR count). The van der Waals surface area contributed by atoms with Crippen LogP contribution < -0.4 is 5.32 Å². The Morgan fingerprint density at radius 3 is 2.68 bits per heavy atom. The lowest BCUT2D eigenvalue weighted by Gasteiger charge is -2.06. The van der Waals surface area contributed by atoms with Gasteiger partial charge in [-0.3, -0.25) is 14.8 Å². The van der Waals surface area contributed by atoms with Gasteiger partial charge in [0.05, 0.1) is 5.69 Å². The van der Waals surface area contributed by atoms with E-state index in [1.54, 1.807) is 18.6 Å². The molecule has 5 nitrogen and oxygen atoms in total. The van der Waals surface area contributed by atoms with E-state index in [-0.39, 0.29) is 5.91 Å². The van der Waals surface area contributed by atoms with Crippen LogP contribution in [0.3, 0.4) is 0 Å². The van der Waals surface area contributed by atoms with Crippen LogP contribution >= 0.6 is 0 Å². The number of hydrogen-bond acceptors (Lipinski definition) is 3. The zero-order chi connectivity index (χ0) is 17.1. The molecule has 0 bridgehead atoms. The molecule has 0 atom stereocenters. The summed E-state index contributed by atoms with van der Waals surface area (Å²) in [5, 5.41) is 3.97. The monoisotopic (exact) mass is 328 g/mol. The Morgan fingerprint density at radius 1 is 1.00 bits per heavy atom. The Hall–Kier alpha value is -3.47. The molecule has 0 aliphatic heterocycles. The first-order chi connectivity index (χ1) is 12.3. The van der Waals surface area contributed by atoms with Crippen LogP contribution in [0.15, 0.2) is 73.2 Å². The number of carbonyl (C=O) groups excluding carboxylic acids is 1. The van der Waals surface area contributed by atoms with Crippen molar-refractivity contribution in [3.8, 4) is 11.3 Å². The maximum absolute atomic E-state index is 12.4. The zero-order valence-electron chi connectivity index (χ0n) is 13.4. The van der Waals surface area contributed by atoms with Gasteiger partial charge >= 0.3 is 0 Å². The summed E-state index contributed by atoms with van der Waals surface area (Å²) in [5.41, 5.74) is 4.37. The topological polar surface area (TPSA) is 70.7 Å². The van der Waals surface area contributed by atoms with Crippen LogP contribution in [0.5, 0.6) is 0 Å². The lowest BCUT2D eigenvalue weighted by molar-refractivity contribution is 0.0946. The highest BCUT2D eigenvalue weighted by molar-refractivity contribution is 5.97. The van der Waals surface area contributed by atoms with E-state index >= 15 is 0 Å². The summed E-state index contributed by atoms with van der Waals surface area (Å²) in [7, 11) is 0. The maximum atomic E-state index is 12.4. The smallest absolute Gasteiger partial charge is 0.267 e. The first-order valence-corrected chi connectivity index (χ1v) is 8.01. The van der Waals surface area contributed by atoms with Gasteiger partial charge in [-0.1, -0.05) is 18.2 Å². The predicted octanol–water partition coefficient (Wildman–Crippen LogP) is 3.55. The molecule has 122 valence electrons. The average molecular weight is 328 g/mol. The van der Waals surface area contributed by atoms with Crippen molar-refractivity contribution < 1.29 is 4.79 Å². The van der Waals surface area contributed by atoms with Crippen LogP contribution in [0, 0.1) is 0 Å². The number of para-hydroxylation sites is 1. The van der Waals surface area contributed by atoms with E-state index in [9.17, 15) is 4.79 Å². The first-order valence-electron chi connectivity index (χ1n) is 8.01. The van der Waals surface area contributed by atoms with Crippen LogP contribution in [-0.2, 0) is 6.54 Å². The second-order valence-electron chi connectivity index (χ2n) is 5.74. The molecule has 3 heterocycles. The van der Waals surface area contributed by atoms with Crippen molar-refractivity contribution in [2.24, 2.45) is 0 Å². The number of nitrogens with one attached hydrogen (secondary N) is 2. The van der Waals surface area contributed by atoms with Crippen LogP contribution in [0.25, 0.3) is 22.2 Å². The zero-order valence-corrected chi connectivity index (χ0v) is 13.4. The molecule has 5 heteroatoms. The van der Waals surface area contributed by atoms with E-state index < -0.39 is 0 Å². The number of pyridine rings is 2. The molecule has 0 spiro atoms. The fourth-order valence-electron chi connectivity index (χ4n) is 2.74. The van der Waals surface area contributed by atoms with Crippen LogP contribution in [0.1, 0.15) is 16.1 Å². The van der Waals surface area contributed by atoms with Crippen molar-refractivity contribution in [3.05, 3.63) is 84.4 Å². The molecule has 0 saturated heterocycles. The first kappa shape index (κ1) is 15.1. The van der Waals surface area contributed by atoms with E-state index in [1.807, 2.05) is 54.6 Å². The van der Waals surface area contributed by atoms with Crippen LogP contribution in [-0.4, -0.2) is 20.9 Å².